The summed E-state index contributed by atoms with van der Waals surface area (Å²) in [6.45, 7) is 3.75. The van der Waals surface area contributed by atoms with E-state index in [1.165, 1.54) is 25.7 Å². The van der Waals surface area contributed by atoms with E-state index in [0.717, 1.165) is 6.54 Å². The molecule has 0 aromatic carbocycles. The van der Waals surface area contributed by atoms with Crippen molar-refractivity contribution in [2.75, 3.05) is 40.9 Å². The molecule has 5 nitrogen and oxygen atoms in total. The van der Waals surface area contributed by atoms with Crippen molar-refractivity contribution >= 4 is 5.91 Å². The van der Waals surface area contributed by atoms with Crippen LogP contribution in [-0.2, 0) is 9.53 Å². The molecule has 2 N–H and O–H groups in total. The van der Waals surface area contributed by atoms with Gasteiger partial charge in [0.05, 0.1) is 13.2 Å². The van der Waals surface area contributed by atoms with Crippen LogP contribution < -0.4 is 10.6 Å². The summed E-state index contributed by atoms with van der Waals surface area (Å²) >= 11 is 0. The highest BCUT2D eigenvalue weighted by Gasteiger charge is 2.35. The summed E-state index contributed by atoms with van der Waals surface area (Å²) in [5, 5.41) is 6.21. The smallest absolute Gasteiger partial charge is 0.234 e. The van der Waals surface area contributed by atoms with Gasteiger partial charge in [-0.05, 0) is 33.9 Å². The Kier molecular flexibility index (Phi) is 6.75. The van der Waals surface area contributed by atoms with Gasteiger partial charge in [0.25, 0.3) is 0 Å². The van der Waals surface area contributed by atoms with Gasteiger partial charge in [0.1, 0.15) is 0 Å². The minimum atomic E-state index is 0.0384. The Bertz CT molecular complexity index is 276. The zero-order valence-corrected chi connectivity index (χ0v) is 12.8. The van der Waals surface area contributed by atoms with Crippen molar-refractivity contribution in [2.45, 2.75) is 44.2 Å². The van der Waals surface area contributed by atoms with Crippen LogP contribution in [0.2, 0.25) is 0 Å². The van der Waals surface area contributed by atoms with E-state index in [1.54, 1.807) is 7.11 Å². The van der Waals surface area contributed by atoms with E-state index in [-0.39, 0.29) is 17.5 Å². The fourth-order valence-corrected chi connectivity index (χ4v) is 2.84. The van der Waals surface area contributed by atoms with Gasteiger partial charge in [0, 0.05) is 25.2 Å². The van der Waals surface area contributed by atoms with E-state index in [4.69, 9.17) is 4.74 Å². The minimum Gasteiger partial charge on any atom is -0.383 e. The van der Waals surface area contributed by atoms with Gasteiger partial charge in [0.15, 0.2) is 0 Å². The van der Waals surface area contributed by atoms with Gasteiger partial charge in [-0.3, -0.25) is 4.79 Å². The molecule has 0 spiro atoms. The topological polar surface area (TPSA) is 53.6 Å². The molecular formula is C14H29N3O2. The fourth-order valence-electron chi connectivity index (χ4n) is 2.84. The number of rotatable bonds is 8. The molecule has 1 aliphatic rings. The van der Waals surface area contributed by atoms with Gasteiger partial charge in [-0.1, -0.05) is 12.8 Å². The first-order chi connectivity index (χ1) is 9.00. The van der Waals surface area contributed by atoms with Gasteiger partial charge in [-0.25, -0.2) is 0 Å². The van der Waals surface area contributed by atoms with Crippen LogP contribution >= 0.6 is 0 Å². The maximum Gasteiger partial charge on any atom is 0.234 e. The minimum absolute atomic E-state index is 0.0384. The Hall–Kier alpha value is -0.650. The van der Waals surface area contributed by atoms with Crippen LogP contribution in [0, 0.1) is 0 Å². The van der Waals surface area contributed by atoms with E-state index in [9.17, 15) is 4.79 Å². The van der Waals surface area contributed by atoms with Crippen LogP contribution in [-0.4, -0.2) is 63.3 Å². The Labute approximate surface area is 117 Å². The first-order valence-electron chi connectivity index (χ1n) is 7.16. The van der Waals surface area contributed by atoms with E-state index in [1.807, 2.05) is 6.92 Å². The maximum absolute atomic E-state index is 11.7. The molecule has 1 saturated carbocycles. The maximum atomic E-state index is 11.7. The molecule has 1 unspecified atom stereocenters. The lowest BCUT2D eigenvalue weighted by Crippen LogP contribution is -2.51. The predicted octanol–water partition coefficient (Wildman–Crippen LogP) is 0.602. The number of hydrogen-bond acceptors (Lipinski definition) is 4. The van der Waals surface area contributed by atoms with Crippen LogP contribution in [0.25, 0.3) is 0 Å². The number of likely N-dealkylation sites (N-methyl/N-ethyl adjacent to an activating group) is 1. The second-order valence-corrected chi connectivity index (χ2v) is 5.85. The molecule has 1 atom stereocenters. The molecule has 1 aliphatic carbocycles. The van der Waals surface area contributed by atoms with Gasteiger partial charge in [-0.15, -0.1) is 0 Å². The summed E-state index contributed by atoms with van der Waals surface area (Å²) in [5.41, 5.74) is 0.235. The molecule has 1 rings (SSSR count). The molecule has 0 saturated heterocycles. The lowest BCUT2D eigenvalue weighted by molar-refractivity contribution is -0.121. The molecule has 5 heteroatoms. The third-order valence-electron chi connectivity index (χ3n) is 4.05. The van der Waals surface area contributed by atoms with Gasteiger partial charge < -0.3 is 20.3 Å². The summed E-state index contributed by atoms with van der Waals surface area (Å²) in [4.78, 5) is 14.0. The second kappa shape index (κ2) is 7.82. The molecule has 0 bridgehead atoms. The molecule has 0 aromatic heterocycles. The lowest BCUT2D eigenvalue weighted by Gasteiger charge is -2.36. The van der Waals surface area contributed by atoms with Crippen LogP contribution in [0.3, 0.4) is 0 Å². The Morgan fingerprint density at radius 1 is 1.37 bits per heavy atom. The highest BCUT2D eigenvalue weighted by Crippen LogP contribution is 2.32. The van der Waals surface area contributed by atoms with Crippen LogP contribution in [0.4, 0.5) is 0 Å². The fraction of sp³-hybridized carbons (Fsp3) is 0.929. The number of ether oxygens (including phenoxy) is 1. The molecule has 1 fully saturated rings. The number of amides is 1. The van der Waals surface area contributed by atoms with Crippen molar-refractivity contribution in [3.05, 3.63) is 0 Å². The zero-order chi connectivity index (χ0) is 14.3. The average molecular weight is 271 g/mol. The van der Waals surface area contributed by atoms with Crippen molar-refractivity contribution < 1.29 is 9.53 Å². The van der Waals surface area contributed by atoms with Crippen molar-refractivity contribution in [3.8, 4) is 0 Å². The first kappa shape index (κ1) is 16.4. The monoisotopic (exact) mass is 271 g/mol. The van der Waals surface area contributed by atoms with Crippen molar-refractivity contribution in [1.82, 2.24) is 15.5 Å². The van der Waals surface area contributed by atoms with Crippen LogP contribution in [0.15, 0.2) is 0 Å². The Morgan fingerprint density at radius 2 is 2.00 bits per heavy atom. The molecule has 0 aromatic rings. The normalized spacial score (nSPS) is 19.6. The van der Waals surface area contributed by atoms with Crippen molar-refractivity contribution in [2.24, 2.45) is 0 Å². The molecule has 112 valence electrons. The molecule has 1 amide bonds. The summed E-state index contributed by atoms with van der Waals surface area (Å²) in [7, 11) is 5.91. The second-order valence-electron chi connectivity index (χ2n) is 5.85. The molecule has 0 heterocycles. The third-order valence-corrected chi connectivity index (χ3v) is 4.05. The van der Waals surface area contributed by atoms with Gasteiger partial charge in [0.2, 0.25) is 5.91 Å². The molecule has 0 aliphatic heterocycles. The SMILES string of the molecule is COCC(C)NC(=O)CNCC1(N(C)C)CCCC1. The number of nitrogens with zero attached hydrogens (tertiary/aromatic N) is 1. The summed E-state index contributed by atoms with van der Waals surface area (Å²) in [6, 6.07) is 0.0635. The van der Waals surface area contributed by atoms with E-state index < -0.39 is 0 Å². The quantitative estimate of drug-likeness (QED) is 0.679. The number of hydrogen-bond donors (Lipinski definition) is 2. The third kappa shape index (κ3) is 5.09. The van der Waals surface area contributed by atoms with Crippen LogP contribution in [0.5, 0.6) is 0 Å². The largest absolute Gasteiger partial charge is 0.383 e. The van der Waals surface area contributed by atoms with Gasteiger partial charge >= 0.3 is 0 Å². The number of nitrogens with one attached hydrogen (secondary N) is 2. The number of methoxy groups -OCH3 is 1. The van der Waals surface area contributed by atoms with Crippen molar-refractivity contribution in [1.29, 1.82) is 0 Å². The standard InChI is InChI=1S/C14H29N3O2/c1-12(10-19-4)16-13(18)9-15-11-14(17(2)3)7-5-6-8-14/h12,15H,5-11H2,1-4H3,(H,16,18). The zero-order valence-electron chi connectivity index (χ0n) is 12.8. The molecule has 19 heavy (non-hydrogen) atoms. The van der Waals surface area contributed by atoms with Crippen LogP contribution in [0.1, 0.15) is 32.6 Å². The molecule has 0 radical (unpaired) electrons. The highest BCUT2D eigenvalue weighted by molar-refractivity contribution is 5.78. The summed E-state index contributed by atoms with van der Waals surface area (Å²) in [6.07, 6.45) is 5.01. The summed E-state index contributed by atoms with van der Waals surface area (Å²) < 4.78 is 5.00. The number of carbonyl (C=O) groups excluding carboxylic acids is 1. The van der Waals surface area contributed by atoms with E-state index in [2.05, 4.69) is 29.6 Å². The highest BCUT2D eigenvalue weighted by atomic mass is 16.5. The molecular weight excluding hydrogens is 242 g/mol. The number of carbonyl (C=O) groups is 1. The lowest BCUT2D eigenvalue weighted by atomic mass is 9.96. The predicted molar refractivity (Wildman–Crippen MR) is 77.2 cm³/mol. The van der Waals surface area contributed by atoms with Crippen molar-refractivity contribution in [3.63, 3.8) is 0 Å². The van der Waals surface area contributed by atoms with E-state index >= 15 is 0 Å². The average Bonchev–Trinajstić information content (AvgIpc) is 2.79. The Balaban J connectivity index is 2.27. The van der Waals surface area contributed by atoms with Gasteiger partial charge in [-0.2, -0.15) is 0 Å². The summed E-state index contributed by atoms with van der Waals surface area (Å²) in [5.74, 6) is 0.0384. The van der Waals surface area contributed by atoms with E-state index in [0.29, 0.717) is 13.2 Å². The first-order valence-corrected chi connectivity index (χ1v) is 7.16. The Morgan fingerprint density at radius 3 is 2.53 bits per heavy atom.